The molecule has 0 fully saturated rings. The van der Waals surface area contributed by atoms with Crippen LogP contribution >= 0.6 is 11.8 Å². The summed E-state index contributed by atoms with van der Waals surface area (Å²) in [5, 5.41) is 3.37. The Morgan fingerprint density at radius 1 is 1.42 bits per heavy atom. The molecule has 0 saturated carbocycles. The van der Waals surface area contributed by atoms with Gasteiger partial charge in [0.15, 0.2) is 6.29 Å². The highest BCUT2D eigenvalue weighted by molar-refractivity contribution is 8.04. The molecular formula is C14H19N3OS. The van der Waals surface area contributed by atoms with Crippen molar-refractivity contribution in [2.24, 2.45) is 0 Å². The largest absolute Gasteiger partial charge is 0.399 e. The topological polar surface area (TPSA) is 58.4 Å². The lowest BCUT2D eigenvalue weighted by Gasteiger charge is -2.21. The van der Waals surface area contributed by atoms with E-state index in [4.69, 9.17) is 5.73 Å². The van der Waals surface area contributed by atoms with Crippen molar-refractivity contribution in [2.75, 3.05) is 37.0 Å². The lowest BCUT2D eigenvalue weighted by Crippen LogP contribution is -2.18. The molecule has 1 aromatic rings. The number of hydrogen-bond donors (Lipinski definition) is 2. The van der Waals surface area contributed by atoms with Gasteiger partial charge in [0, 0.05) is 37.6 Å². The second-order valence-corrected chi connectivity index (χ2v) is 5.79. The van der Waals surface area contributed by atoms with Crippen molar-refractivity contribution in [2.45, 2.75) is 6.42 Å². The maximum Gasteiger partial charge on any atom is 0.158 e. The number of allylic oxidation sites excluding steroid dienone is 1. The minimum Gasteiger partial charge on any atom is -0.399 e. The quantitative estimate of drug-likeness (QED) is 0.653. The molecule has 1 heterocycles. The maximum absolute atomic E-state index is 11.3. The first kappa shape index (κ1) is 13.8. The number of hydrogen-bond acceptors (Lipinski definition) is 5. The van der Waals surface area contributed by atoms with Crippen LogP contribution in [-0.4, -0.2) is 32.7 Å². The highest BCUT2D eigenvalue weighted by Crippen LogP contribution is 2.33. The molecule has 0 radical (unpaired) electrons. The first-order valence-corrected chi connectivity index (χ1v) is 7.25. The molecule has 0 saturated heterocycles. The van der Waals surface area contributed by atoms with E-state index in [9.17, 15) is 4.79 Å². The lowest BCUT2D eigenvalue weighted by atomic mass is 10.1. The van der Waals surface area contributed by atoms with Crippen LogP contribution in [-0.2, 0) is 4.79 Å². The summed E-state index contributed by atoms with van der Waals surface area (Å²) >= 11 is 1.60. The van der Waals surface area contributed by atoms with Gasteiger partial charge >= 0.3 is 0 Å². The molecular weight excluding hydrogens is 258 g/mol. The predicted molar refractivity (Wildman–Crippen MR) is 83.2 cm³/mol. The van der Waals surface area contributed by atoms with Gasteiger partial charge in [-0.25, -0.2) is 0 Å². The number of nitrogen functional groups attached to an aromatic ring is 1. The highest BCUT2D eigenvalue weighted by Gasteiger charge is 2.17. The molecule has 0 bridgehead atoms. The summed E-state index contributed by atoms with van der Waals surface area (Å²) in [6.07, 6.45) is 1.98. The van der Waals surface area contributed by atoms with Crippen molar-refractivity contribution in [1.82, 2.24) is 5.32 Å². The summed E-state index contributed by atoms with van der Waals surface area (Å²) < 4.78 is 0. The molecule has 102 valence electrons. The van der Waals surface area contributed by atoms with Gasteiger partial charge in [-0.05, 0) is 30.4 Å². The van der Waals surface area contributed by atoms with Crippen LogP contribution in [0.4, 0.5) is 11.4 Å². The van der Waals surface area contributed by atoms with E-state index in [1.807, 2.05) is 37.2 Å². The van der Waals surface area contributed by atoms with E-state index in [0.717, 1.165) is 46.9 Å². The molecule has 0 unspecified atom stereocenters. The molecule has 0 aliphatic carbocycles. The standard InChI is InChI=1S/C14H19N3OS/c1-17(2)12-5-4-10(15)8-11(12)14-13(9-18)19-7-3-6-16-14/h4-5,8-9,16H,3,6-7,15H2,1-2H3. The predicted octanol–water partition coefficient (Wildman–Crippen LogP) is 1.93. The van der Waals surface area contributed by atoms with Crippen LogP contribution in [0.3, 0.4) is 0 Å². The first-order valence-electron chi connectivity index (χ1n) is 6.27. The lowest BCUT2D eigenvalue weighted by molar-refractivity contribution is -0.104. The van der Waals surface area contributed by atoms with Crippen molar-refractivity contribution >= 4 is 35.1 Å². The molecule has 1 aliphatic rings. The summed E-state index contributed by atoms with van der Waals surface area (Å²) in [6, 6.07) is 5.79. The van der Waals surface area contributed by atoms with Gasteiger partial charge in [-0.1, -0.05) is 0 Å². The normalized spacial score (nSPS) is 15.7. The van der Waals surface area contributed by atoms with Crippen molar-refractivity contribution in [1.29, 1.82) is 0 Å². The van der Waals surface area contributed by atoms with Crippen LogP contribution in [0.2, 0.25) is 0 Å². The summed E-state index contributed by atoms with van der Waals surface area (Å²) in [5.74, 6) is 0.962. The molecule has 1 aromatic carbocycles. The van der Waals surface area contributed by atoms with E-state index in [1.54, 1.807) is 11.8 Å². The number of carbonyl (C=O) groups excluding carboxylic acids is 1. The van der Waals surface area contributed by atoms with Gasteiger partial charge in [-0.15, -0.1) is 11.8 Å². The van der Waals surface area contributed by atoms with Crippen LogP contribution in [0.5, 0.6) is 0 Å². The Hall–Kier alpha value is -1.62. The van der Waals surface area contributed by atoms with Gasteiger partial charge in [-0.2, -0.15) is 0 Å². The van der Waals surface area contributed by atoms with Gasteiger partial charge in [0.25, 0.3) is 0 Å². The minimum absolute atomic E-state index is 0.703. The fourth-order valence-electron chi connectivity index (χ4n) is 2.09. The fourth-order valence-corrected chi connectivity index (χ4v) is 2.99. The van der Waals surface area contributed by atoms with E-state index in [2.05, 4.69) is 5.32 Å². The van der Waals surface area contributed by atoms with Crippen molar-refractivity contribution in [3.05, 3.63) is 28.7 Å². The zero-order chi connectivity index (χ0) is 13.8. The zero-order valence-corrected chi connectivity index (χ0v) is 12.1. The number of aldehydes is 1. The fraction of sp³-hybridized carbons (Fsp3) is 0.357. The van der Waals surface area contributed by atoms with Crippen LogP contribution in [0.15, 0.2) is 23.1 Å². The number of nitrogens with one attached hydrogen (secondary N) is 1. The average molecular weight is 277 g/mol. The summed E-state index contributed by atoms with van der Waals surface area (Å²) in [6.45, 7) is 0.876. The maximum atomic E-state index is 11.3. The second-order valence-electron chi connectivity index (χ2n) is 4.66. The van der Waals surface area contributed by atoms with Gasteiger partial charge in [0.1, 0.15) is 0 Å². The number of thioether (sulfide) groups is 1. The summed E-state index contributed by atoms with van der Waals surface area (Å²) in [4.78, 5) is 14.1. The molecule has 5 heteroatoms. The molecule has 0 amide bonds. The minimum atomic E-state index is 0.703. The van der Waals surface area contributed by atoms with Crippen molar-refractivity contribution < 1.29 is 4.79 Å². The summed E-state index contributed by atoms with van der Waals surface area (Å²) in [5.41, 5.74) is 9.54. The Bertz CT molecular complexity index is 511. The number of nitrogens with zero attached hydrogens (tertiary/aromatic N) is 1. The Labute approximate surface area is 118 Å². The number of anilines is 2. The van der Waals surface area contributed by atoms with Crippen LogP contribution in [0.25, 0.3) is 5.70 Å². The van der Waals surface area contributed by atoms with Crippen LogP contribution in [0, 0.1) is 0 Å². The molecule has 19 heavy (non-hydrogen) atoms. The van der Waals surface area contributed by atoms with Gasteiger partial charge in [0.05, 0.1) is 10.6 Å². The Kier molecular flexibility index (Phi) is 4.37. The second kappa shape index (κ2) is 6.02. The van der Waals surface area contributed by atoms with E-state index in [0.29, 0.717) is 5.69 Å². The highest BCUT2D eigenvalue weighted by atomic mass is 32.2. The Morgan fingerprint density at radius 2 is 2.21 bits per heavy atom. The molecule has 0 aromatic heterocycles. The number of carbonyl (C=O) groups is 1. The summed E-state index contributed by atoms with van der Waals surface area (Å²) in [7, 11) is 3.97. The molecule has 2 rings (SSSR count). The first-order chi connectivity index (χ1) is 9.13. The molecule has 0 atom stereocenters. The number of rotatable bonds is 3. The van der Waals surface area contributed by atoms with Gasteiger partial charge in [-0.3, -0.25) is 4.79 Å². The molecule has 1 aliphatic heterocycles. The molecule has 4 nitrogen and oxygen atoms in total. The van der Waals surface area contributed by atoms with E-state index >= 15 is 0 Å². The van der Waals surface area contributed by atoms with Crippen LogP contribution in [0.1, 0.15) is 12.0 Å². The Morgan fingerprint density at radius 3 is 2.89 bits per heavy atom. The van der Waals surface area contributed by atoms with Crippen LogP contribution < -0.4 is 16.0 Å². The van der Waals surface area contributed by atoms with Gasteiger partial charge < -0.3 is 16.0 Å². The number of nitrogens with two attached hydrogens (primary N) is 1. The van der Waals surface area contributed by atoms with Crippen molar-refractivity contribution in [3.8, 4) is 0 Å². The number of benzene rings is 1. The van der Waals surface area contributed by atoms with Crippen molar-refractivity contribution in [3.63, 3.8) is 0 Å². The van der Waals surface area contributed by atoms with E-state index in [-0.39, 0.29) is 0 Å². The van der Waals surface area contributed by atoms with Gasteiger partial charge in [0.2, 0.25) is 0 Å². The Balaban J connectivity index is 2.57. The molecule has 0 spiro atoms. The SMILES string of the molecule is CN(C)c1ccc(N)cc1C1=C(C=O)SCCCN1. The monoisotopic (exact) mass is 277 g/mol. The third-order valence-electron chi connectivity index (χ3n) is 3.01. The van der Waals surface area contributed by atoms with E-state index < -0.39 is 0 Å². The average Bonchev–Trinajstić information content (AvgIpc) is 2.63. The van der Waals surface area contributed by atoms with E-state index in [1.165, 1.54) is 0 Å². The zero-order valence-electron chi connectivity index (χ0n) is 11.3. The third kappa shape index (κ3) is 3.04. The third-order valence-corrected chi connectivity index (χ3v) is 4.11. The molecule has 3 N–H and O–H groups in total. The smallest absolute Gasteiger partial charge is 0.158 e.